The molecule has 2 fully saturated rings. The van der Waals surface area contributed by atoms with Gasteiger partial charge in [-0.25, -0.2) is 14.3 Å². The van der Waals surface area contributed by atoms with Crippen LogP contribution in [0.15, 0.2) is 28.9 Å². The van der Waals surface area contributed by atoms with Gasteiger partial charge in [0.1, 0.15) is 24.4 Å². The van der Waals surface area contributed by atoms with Gasteiger partial charge in [0.05, 0.1) is 19.5 Å². The maximum absolute atomic E-state index is 13.1. The van der Waals surface area contributed by atoms with Gasteiger partial charge < -0.3 is 51.3 Å². The van der Waals surface area contributed by atoms with Gasteiger partial charge in [0, 0.05) is 20.0 Å². The molecule has 2 aliphatic rings. The lowest BCUT2D eigenvalue weighted by atomic mass is 10.1. The number of hydrogen-bond acceptors (Lipinski definition) is 16. The number of esters is 2. The Kier molecular flexibility index (Phi) is 10.6. The first kappa shape index (κ1) is 35.4. The minimum atomic E-state index is -5.21. The number of rotatable bonds is 11. The number of nitrogens with one attached hydrogen (secondary N) is 1. The average Bonchev–Trinajstić information content (AvgIpc) is 3.61. The van der Waals surface area contributed by atoms with E-state index in [1.165, 1.54) is 0 Å². The fourth-order valence-electron chi connectivity index (χ4n) is 4.86. The zero-order valence-corrected chi connectivity index (χ0v) is 25.5. The maximum Gasteiger partial charge on any atom is 0.472 e. The van der Waals surface area contributed by atoms with Crippen LogP contribution in [-0.4, -0.2) is 120 Å². The van der Waals surface area contributed by atoms with Crippen LogP contribution in [0.1, 0.15) is 20.1 Å². The van der Waals surface area contributed by atoms with Crippen molar-refractivity contribution in [3.8, 4) is 0 Å². The highest BCUT2D eigenvalue weighted by Gasteiger charge is 2.54. The number of aliphatic hydroxyl groups excluding tert-OH is 2. The van der Waals surface area contributed by atoms with Crippen molar-refractivity contribution in [3.63, 3.8) is 0 Å². The second kappa shape index (κ2) is 14.1. The smallest absolute Gasteiger partial charge is 0.455 e. The zero-order valence-electron chi connectivity index (χ0n) is 24.6. The van der Waals surface area contributed by atoms with E-state index in [2.05, 4.69) is 26.5 Å². The second-order valence-electron chi connectivity index (χ2n) is 9.97. The van der Waals surface area contributed by atoms with Crippen molar-refractivity contribution in [1.82, 2.24) is 24.4 Å². The topological polar surface area (TPSA) is 342 Å². The maximum atomic E-state index is 13.1. The first-order chi connectivity index (χ1) is 22.1. The number of nitrogen functional groups attached to an aromatic ring is 1. The Labute approximate surface area is 263 Å². The Morgan fingerprint density at radius 2 is 1.85 bits per heavy atom. The Balaban J connectivity index is 1.55. The number of hydrogen-bond donors (Lipinski definition) is 7. The Hall–Kier alpha value is -4.48. The lowest BCUT2D eigenvalue weighted by molar-refractivity contribution is -0.156. The minimum absolute atomic E-state index is 0.0902. The molecule has 4 rings (SSSR count). The molecule has 2 aromatic rings. The van der Waals surface area contributed by atoms with Gasteiger partial charge in [-0.1, -0.05) is 6.58 Å². The number of aromatic amines is 1. The number of anilines is 1. The van der Waals surface area contributed by atoms with E-state index in [4.69, 9.17) is 45.2 Å². The number of carbonyl (C=O) groups excluding carboxylic acids is 3. The summed E-state index contributed by atoms with van der Waals surface area (Å²) >= 11 is 0. The largest absolute Gasteiger partial charge is 0.472 e. The molecule has 9 atom stereocenters. The summed E-state index contributed by atoms with van der Waals surface area (Å²) in [5.74, 6) is -2.66. The molecule has 23 nitrogen and oxygen atoms in total. The summed E-state index contributed by atoms with van der Waals surface area (Å²) in [7, 11) is -5.21. The van der Waals surface area contributed by atoms with Crippen LogP contribution in [0.2, 0.25) is 0 Å². The molecule has 3 unspecified atom stereocenters. The van der Waals surface area contributed by atoms with Crippen molar-refractivity contribution in [2.24, 2.45) is 16.5 Å². The summed E-state index contributed by atoms with van der Waals surface area (Å²) in [4.78, 5) is 73.4. The predicted octanol–water partition coefficient (Wildman–Crippen LogP) is -3.12. The number of imidazole rings is 1. The third kappa shape index (κ3) is 7.74. The number of ether oxygens (including phenoxy) is 4. The van der Waals surface area contributed by atoms with Gasteiger partial charge in [-0.05, 0) is 0 Å². The van der Waals surface area contributed by atoms with Gasteiger partial charge in [0.15, 0.2) is 41.8 Å². The van der Waals surface area contributed by atoms with E-state index < -0.39 is 99.6 Å². The quantitative estimate of drug-likeness (QED) is 0.0531. The molecule has 10 N–H and O–H groups in total. The summed E-state index contributed by atoms with van der Waals surface area (Å²) in [6.07, 6.45) is -10.4. The highest BCUT2D eigenvalue weighted by molar-refractivity contribution is 7.47. The molecule has 258 valence electrons. The molecule has 0 saturated carbocycles. The molecule has 0 aliphatic carbocycles. The van der Waals surface area contributed by atoms with Gasteiger partial charge in [-0.2, -0.15) is 9.98 Å². The van der Waals surface area contributed by atoms with Crippen molar-refractivity contribution < 1.29 is 62.1 Å². The Morgan fingerprint density at radius 1 is 1.19 bits per heavy atom. The Morgan fingerprint density at radius 3 is 2.45 bits per heavy atom. The molecular formula is C23H32N9O14P. The van der Waals surface area contributed by atoms with Crippen molar-refractivity contribution in [3.05, 3.63) is 29.5 Å². The molecule has 4 heterocycles. The van der Waals surface area contributed by atoms with Crippen molar-refractivity contribution in [2.75, 3.05) is 18.9 Å². The molecule has 47 heavy (non-hydrogen) atoms. The van der Waals surface area contributed by atoms with Crippen LogP contribution >= 0.6 is 7.82 Å². The summed E-state index contributed by atoms with van der Waals surface area (Å²) in [6, 6.07) is -1.12. The van der Waals surface area contributed by atoms with Gasteiger partial charge in [0.2, 0.25) is 5.95 Å². The summed E-state index contributed by atoms with van der Waals surface area (Å²) in [5.41, 5.74) is 15.2. The highest BCUT2D eigenvalue weighted by atomic mass is 31.2. The van der Waals surface area contributed by atoms with Gasteiger partial charge >= 0.3 is 25.8 Å². The standard InChI is InChI=1S/C23H32N9O14P/c1-4-31(23(38)30-21(24)25)20-16(43-9(3)35)14(10(5-33)44-20)46-47(39,40)41-6-11-13(36)15(42-8(2)34)19(45-11)32-7-27-12-17(32)28-22(26)29-18(12)37/h4,7,10-11,13-16,19-20,33,36H,1,5-6H2,2-3H3,(H,39,40)(H4,24,25,30,38)(H3,26,28,29,37)/t10-,11-,13+,14+,15?,16?,19-,20-/m1/s1. The molecule has 0 radical (unpaired) electrons. The number of H-pyrrole nitrogens is 1. The molecule has 24 heteroatoms. The number of phosphoric acid groups is 1. The summed E-state index contributed by atoms with van der Waals surface area (Å²) in [6.45, 7) is 3.77. The number of fused-ring (bicyclic) bond motifs is 1. The zero-order chi connectivity index (χ0) is 34.8. The van der Waals surface area contributed by atoms with Crippen LogP contribution in [0, 0.1) is 0 Å². The summed E-state index contributed by atoms with van der Waals surface area (Å²) in [5, 5.41) is 20.9. The van der Waals surface area contributed by atoms with E-state index in [-0.39, 0.29) is 17.1 Å². The van der Waals surface area contributed by atoms with Crippen LogP contribution in [0.5, 0.6) is 0 Å². The van der Waals surface area contributed by atoms with Crippen molar-refractivity contribution in [2.45, 2.75) is 62.9 Å². The number of phosphoric ester groups is 1. The normalized spacial score (nSPS) is 28.4. The van der Waals surface area contributed by atoms with E-state index in [9.17, 15) is 38.8 Å². The van der Waals surface area contributed by atoms with Crippen LogP contribution in [0.25, 0.3) is 11.2 Å². The third-order valence-electron chi connectivity index (χ3n) is 6.68. The number of nitrogens with zero attached hydrogens (tertiary/aromatic N) is 5. The second-order valence-corrected chi connectivity index (χ2v) is 11.4. The average molecular weight is 690 g/mol. The molecule has 0 aromatic carbocycles. The molecule has 2 amide bonds. The van der Waals surface area contributed by atoms with E-state index in [0.717, 1.165) is 30.9 Å². The van der Waals surface area contributed by atoms with Crippen molar-refractivity contribution >= 4 is 48.9 Å². The van der Waals surface area contributed by atoms with Crippen LogP contribution in [-0.2, 0) is 42.1 Å². The predicted molar refractivity (Wildman–Crippen MR) is 153 cm³/mol. The van der Waals surface area contributed by atoms with E-state index in [1.54, 1.807) is 0 Å². The number of urea groups is 1. The molecular weight excluding hydrogens is 657 g/mol. The SMILES string of the molecule is C=CN(C(=O)N=C(N)N)[C@@H]1O[C@H](CO)[C@H](OP(=O)(O)OC[C@H]2O[C@@H](n3cnc4c(=O)[nH]c(N)nc43)C(OC(C)=O)[C@H]2O)C1OC(C)=O. The highest BCUT2D eigenvalue weighted by Crippen LogP contribution is 2.49. The van der Waals surface area contributed by atoms with Crippen LogP contribution in [0.3, 0.4) is 0 Å². The molecule has 2 aliphatic heterocycles. The molecule has 0 spiro atoms. The molecule has 2 aromatic heterocycles. The van der Waals surface area contributed by atoms with Gasteiger partial charge in [-0.15, -0.1) is 0 Å². The first-order valence-electron chi connectivity index (χ1n) is 13.4. The van der Waals surface area contributed by atoms with Crippen LogP contribution in [0.4, 0.5) is 10.7 Å². The molecule has 0 bridgehead atoms. The van der Waals surface area contributed by atoms with E-state index in [0.29, 0.717) is 4.90 Å². The number of aliphatic imine (C=N–C) groups is 1. The third-order valence-corrected chi connectivity index (χ3v) is 7.67. The monoisotopic (exact) mass is 689 g/mol. The number of aliphatic hydroxyl groups is 2. The number of guanidine groups is 1. The lowest BCUT2D eigenvalue weighted by Crippen LogP contribution is -2.46. The summed E-state index contributed by atoms with van der Waals surface area (Å²) < 4.78 is 46.4. The fraction of sp³-hybridized carbons (Fsp3) is 0.522. The lowest BCUT2D eigenvalue weighted by Gasteiger charge is -2.29. The number of amides is 2. The van der Waals surface area contributed by atoms with Crippen molar-refractivity contribution in [1.29, 1.82) is 0 Å². The fourth-order valence-corrected chi connectivity index (χ4v) is 5.82. The van der Waals surface area contributed by atoms with E-state index >= 15 is 0 Å². The number of aromatic nitrogens is 4. The Bertz CT molecular complexity index is 1660. The molecule has 2 saturated heterocycles. The van der Waals surface area contributed by atoms with E-state index in [1.807, 2.05) is 0 Å². The number of nitrogens with two attached hydrogens (primary N) is 3. The first-order valence-corrected chi connectivity index (χ1v) is 14.9. The number of carbonyl (C=O) groups is 3. The minimum Gasteiger partial charge on any atom is -0.455 e. The van der Waals surface area contributed by atoms with Gasteiger partial charge in [-0.3, -0.25) is 37.9 Å². The van der Waals surface area contributed by atoms with Gasteiger partial charge in [0.25, 0.3) is 5.56 Å². The van der Waals surface area contributed by atoms with Crippen LogP contribution < -0.4 is 22.8 Å².